The van der Waals surface area contributed by atoms with Crippen LogP contribution in [0.5, 0.6) is 0 Å². The molecular formula is C18H34N2O. The molecule has 122 valence electrons. The van der Waals surface area contributed by atoms with Crippen molar-refractivity contribution in [2.24, 2.45) is 17.3 Å². The van der Waals surface area contributed by atoms with Gasteiger partial charge in [-0.05, 0) is 64.7 Å². The Morgan fingerprint density at radius 1 is 1.10 bits per heavy atom. The summed E-state index contributed by atoms with van der Waals surface area (Å²) in [4.78, 5) is 2.79. The van der Waals surface area contributed by atoms with Gasteiger partial charge in [0.1, 0.15) is 0 Å². The first-order valence-corrected chi connectivity index (χ1v) is 8.99. The predicted octanol–water partition coefficient (Wildman–Crippen LogP) is 2.90. The SMILES string of the molecule is CC(C)(C)NCC1(CN(CC2CC2)CC2CC2)CCOC1. The van der Waals surface area contributed by atoms with Crippen LogP contribution in [-0.4, -0.2) is 49.8 Å². The quantitative estimate of drug-likeness (QED) is 0.745. The average Bonchev–Trinajstić information content (AvgIpc) is 3.31. The Balaban J connectivity index is 1.57. The highest BCUT2D eigenvalue weighted by atomic mass is 16.5. The van der Waals surface area contributed by atoms with E-state index in [1.807, 2.05) is 0 Å². The van der Waals surface area contributed by atoms with Gasteiger partial charge in [-0.25, -0.2) is 0 Å². The second-order valence-corrected chi connectivity index (χ2v) is 8.99. The monoisotopic (exact) mass is 294 g/mol. The van der Waals surface area contributed by atoms with E-state index in [1.54, 1.807) is 0 Å². The molecule has 0 aromatic rings. The van der Waals surface area contributed by atoms with Crippen LogP contribution in [0.15, 0.2) is 0 Å². The molecule has 3 rings (SSSR count). The fraction of sp³-hybridized carbons (Fsp3) is 1.00. The maximum absolute atomic E-state index is 5.80. The molecule has 3 nitrogen and oxygen atoms in total. The first-order valence-electron chi connectivity index (χ1n) is 8.99. The molecule has 21 heavy (non-hydrogen) atoms. The maximum atomic E-state index is 5.80. The van der Waals surface area contributed by atoms with Crippen LogP contribution in [0.1, 0.15) is 52.9 Å². The van der Waals surface area contributed by atoms with Crippen LogP contribution in [-0.2, 0) is 4.74 Å². The Morgan fingerprint density at radius 3 is 2.14 bits per heavy atom. The first kappa shape index (κ1) is 15.8. The third kappa shape index (κ3) is 5.22. The maximum Gasteiger partial charge on any atom is 0.0547 e. The second kappa shape index (κ2) is 6.17. The first-order chi connectivity index (χ1) is 9.94. The molecule has 1 saturated heterocycles. The lowest BCUT2D eigenvalue weighted by molar-refractivity contribution is 0.0978. The number of nitrogens with one attached hydrogen (secondary N) is 1. The van der Waals surface area contributed by atoms with Crippen molar-refractivity contribution in [3.8, 4) is 0 Å². The van der Waals surface area contributed by atoms with E-state index in [1.165, 1.54) is 51.7 Å². The lowest BCUT2D eigenvalue weighted by Crippen LogP contribution is -2.50. The predicted molar refractivity (Wildman–Crippen MR) is 87.5 cm³/mol. The summed E-state index contributed by atoms with van der Waals surface area (Å²) < 4.78 is 5.80. The summed E-state index contributed by atoms with van der Waals surface area (Å²) in [6.07, 6.45) is 7.08. The molecule has 0 bridgehead atoms. The molecule has 0 aromatic carbocycles. The summed E-state index contributed by atoms with van der Waals surface area (Å²) >= 11 is 0. The van der Waals surface area contributed by atoms with E-state index in [4.69, 9.17) is 4.74 Å². The van der Waals surface area contributed by atoms with E-state index in [0.717, 1.165) is 31.6 Å². The minimum atomic E-state index is 0.202. The third-order valence-corrected chi connectivity index (χ3v) is 5.16. The molecule has 0 amide bonds. The standard InChI is InChI=1S/C18H34N2O/c1-17(2,3)19-12-18(8-9-21-14-18)13-20(10-15-4-5-15)11-16-6-7-16/h15-16,19H,4-14H2,1-3H3. The fourth-order valence-electron chi connectivity index (χ4n) is 3.43. The van der Waals surface area contributed by atoms with Crippen LogP contribution in [0.4, 0.5) is 0 Å². The number of hydrogen-bond acceptors (Lipinski definition) is 3. The minimum Gasteiger partial charge on any atom is -0.381 e. The minimum absolute atomic E-state index is 0.202. The van der Waals surface area contributed by atoms with E-state index in [9.17, 15) is 0 Å². The molecule has 0 radical (unpaired) electrons. The summed E-state index contributed by atoms with van der Waals surface area (Å²) in [5, 5.41) is 3.74. The van der Waals surface area contributed by atoms with E-state index >= 15 is 0 Å². The van der Waals surface area contributed by atoms with Crippen molar-refractivity contribution in [3.05, 3.63) is 0 Å². The van der Waals surface area contributed by atoms with E-state index < -0.39 is 0 Å². The summed E-state index contributed by atoms with van der Waals surface area (Å²) in [7, 11) is 0. The van der Waals surface area contributed by atoms with Crippen LogP contribution in [0.3, 0.4) is 0 Å². The van der Waals surface area contributed by atoms with Gasteiger partial charge in [-0.2, -0.15) is 0 Å². The van der Waals surface area contributed by atoms with Crippen molar-refractivity contribution >= 4 is 0 Å². The van der Waals surface area contributed by atoms with Crippen LogP contribution in [0.25, 0.3) is 0 Å². The molecule has 0 spiro atoms. The Kier molecular flexibility index (Phi) is 4.63. The summed E-state index contributed by atoms with van der Waals surface area (Å²) in [5.41, 5.74) is 0.546. The Bertz CT molecular complexity index is 322. The smallest absolute Gasteiger partial charge is 0.0547 e. The highest BCUT2D eigenvalue weighted by molar-refractivity contribution is 4.93. The summed E-state index contributed by atoms with van der Waals surface area (Å²) in [6.45, 7) is 13.7. The largest absolute Gasteiger partial charge is 0.381 e. The molecular weight excluding hydrogens is 260 g/mol. The van der Waals surface area contributed by atoms with Gasteiger partial charge in [0.25, 0.3) is 0 Å². The molecule has 0 aromatic heterocycles. The zero-order chi connectivity index (χ0) is 14.9. The molecule has 3 aliphatic rings. The number of ether oxygens (including phenoxy) is 1. The summed E-state index contributed by atoms with van der Waals surface area (Å²) in [6, 6.07) is 0. The zero-order valence-corrected chi connectivity index (χ0v) is 14.3. The molecule has 1 N–H and O–H groups in total. The van der Waals surface area contributed by atoms with Gasteiger partial charge in [0.15, 0.2) is 0 Å². The highest BCUT2D eigenvalue weighted by Crippen LogP contribution is 2.37. The molecule has 1 heterocycles. The lowest BCUT2D eigenvalue weighted by Gasteiger charge is -2.37. The van der Waals surface area contributed by atoms with E-state index in [-0.39, 0.29) is 5.54 Å². The van der Waals surface area contributed by atoms with Crippen LogP contribution >= 0.6 is 0 Å². The van der Waals surface area contributed by atoms with Crippen molar-refractivity contribution in [1.82, 2.24) is 10.2 Å². The van der Waals surface area contributed by atoms with Crippen molar-refractivity contribution in [2.75, 3.05) is 39.4 Å². The van der Waals surface area contributed by atoms with Gasteiger partial charge in [0.2, 0.25) is 0 Å². The van der Waals surface area contributed by atoms with Gasteiger partial charge in [0.05, 0.1) is 6.61 Å². The second-order valence-electron chi connectivity index (χ2n) is 8.99. The highest BCUT2D eigenvalue weighted by Gasteiger charge is 2.39. The van der Waals surface area contributed by atoms with Gasteiger partial charge < -0.3 is 15.0 Å². The fourth-order valence-corrected chi connectivity index (χ4v) is 3.43. The van der Waals surface area contributed by atoms with E-state index in [0.29, 0.717) is 5.41 Å². The van der Waals surface area contributed by atoms with Gasteiger partial charge in [-0.1, -0.05) is 0 Å². The molecule has 3 fully saturated rings. The van der Waals surface area contributed by atoms with Gasteiger partial charge in [-0.3, -0.25) is 0 Å². The van der Waals surface area contributed by atoms with Crippen molar-refractivity contribution in [1.29, 1.82) is 0 Å². The Morgan fingerprint density at radius 2 is 1.71 bits per heavy atom. The Hall–Kier alpha value is -0.120. The van der Waals surface area contributed by atoms with Gasteiger partial charge in [0, 0.05) is 43.7 Å². The molecule has 1 aliphatic heterocycles. The van der Waals surface area contributed by atoms with Crippen LogP contribution < -0.4 is 5.32 Å². The van der Waals surface area contributed by atoms with Crippen LogP contribution in [0, 0.1) is 17.3 Å². The molecule has 1 atom stereocenters. The van der Waals surface area contributed by atoms with Gasteiger partial charge in [-0.15, -0.1) is 0 Å². The summed E-state index contributed by atoms with van der Waals surface area (Å²) in [5.74, 6) is 2.00. The van der Waals surface area contributed by atoms with Crippen molar-refractivity contribution < 1.29 is 4.74 Å². The third-order valence-electron chi connectivity index (χ3n) is 5.16. The van der Waals surface area contributed by atoms with Gasteiger partial charge >= 0.3 is 0 Å². The van der Waals surface area contributed by atoms with E-state index in [2.05, 4.69) is 31.0 Å². The normalized spacial score (nSPS) is 30.3. The molecule has 2 aliphatic carbocycles. The Labute approximate surface area is 130 Å². The molecule has 3 heteroatoms. The number of hydrogen-bond donors (Lipinski definition) is 1. The number of nitrogens with zero attached hydrogens (tertiary/aromatic N) is 1. The topological polar surface area (TPSA) is 24.5 Å². The number of rotatable bonds is 8. The average molecular weight is 294 g/mol. The lowest BCUT2D eigenvalue weighted by atomic mass is 9.85. The molecule has 2 saturated carbocycles. The zero-order valence-electron chi connectivity index (χ0n) is 14.3. The molecule has 1 unspecified atom stereocenters. The van der Waals surface area contributed by atoms with Crippen molar-refractivity contribution in [2.45, 2.75) is 58.4 Å². The van der Waals surface area contributed by atoms with Crippen LogP contribution in [0.2, 0.25) is 0 Å². The van der Waals surface area contributed by atoms with Crippen molar-refractivity contribution in [3.63, 3.8) is 0 Å².